The average molecular weight is 255 g/mol. The van der Waals surface area contributed by atoms with E-state index in [0.29, 0.717) is 19.1 Å². The quantitative estimate of drug-likeness (QED) is 0.682. The van der Waals surface area contributed by atoms with Crippen LogP contribution < -0.4 is 0 Å². The molecule has 0 radical (unpaired) electrons. The molecule has 2 unspecified atom stereocenters. The maximum Gasteiger partial charge on any atom is 0.307 e. The molecule has 0 N–H and O–H groups in total. The predicted molar refractivity (Wildman–Crippen MR) is 74.5 cm³/mol. The van der Waals surface area contributed by atoms with Crippen LogP contribution in [0, 0.1) is 5.92 Å². The number of likely N-dealkylation sites (tertiary alicyclic amines) is 1. The molecule has 0 aromatic carbocycles. The van der Waals surface area contributed by atoms with E-state index in [-0.39, 0.29) is 5.97 Å². The fourth-order valence-electron chi connectivity index (χ4n) is 2.92. The van der Waals surface area contributed by atoms with Gasteiger partial charge in [0.1, 0.15) is 0 Å². The van der Waals surface area contributed by atoms with Crippen LogP contribution in [0.5, 0.6) is 0 Å². The van der Waals surface area contributed by atoms with Crippen LogP contribution in [0.3, 0.4) is 0 Å². The third kappa shape index (κ3) is 5.38. The minimum Gasteiger partial charge on any atom is -0.466 e. The van der Waals surface area contributed by atoms with E-state index in [4.69, 9.17) is 4.74 Å². The SMILES string of the molecule is CCCC1CCCN(C(C)CC(=O)OCC)CC1. The zero-order valence-corrected chi connectivity index (χ0v) is 12.3. The van der Waals surface area contributed by atoms with E-state index in [1.165, 1.54) is 32.1 Å². The minimum absolute atomic E-state index is 0.0562. The summed E-state index contributed by atoms with van der Waals surface area (Å²) in [6.45, 7) is 9.06. The summed E-state index contributed by atoms with van der Waals surface area (Å²) >= 11 is 0. The molecule has 1 rings (SSSR count). The number of carbonyl (C=O) groups is 1. The molecule has 3 nitrogen and oxygen atoms in total. The fraction of sp³-hybridized carbons (Fsp3) is 0.933. The molecule has 1 fully saturated rings. The number of hydrogen-bond acceptors (Lipinski definition) is 3. The summed E-state index contributed by atoms with van der Waals surface area (Å²) in [5.74, 6) is 0.842. The van der Waals surface area contributed by atoms with E-state index in [1.54, 1.807) is 0 Å². The van der Waals surface area contributed by atoms with Gasteiger partial charge in [-0.05, 0) is 52.1 Å². The highest BCUT2D eigenvalue weighted by Gasteiger charge is 2.22. The van der Waals surface area contributed by atoms with Gasteiger partial charge < -0.3 is 9.64 Å². The van der Waals surface area contributed by atoms with Gasteiger partial charge in [-0.3, -0.25) is 4.79 Å². The van der Waals surface area contributed by atoms with E-state index in [1.807, 2.05) is 6.92 Å². The van der Waals surface area contributed by atoms with Crippen molar-refractivity contribution in [3.05, 3.63) is 0 Å². The van der Waals surface area contributed by atoms with Crippen LogP contribution in [0.15, 0.2) is 0 Å². The first-order chi connectivity index (χ1) is 8.67. The summed E-state index contributed by atoms with van der Waals surface area (Å²) in [6.07, 6.45) is 7.12. The summed E-state index contributed by atoms with van der Waals surface area (Å²) in [5.41, 5.74) is 0. The zero-order valence-electron chi connectivity index (χ0n) is 12.3. The van der Waals surface area contributed by atoms with Gasteiger partial charge in [-0.2, -0.15) is 0 Å². The fourth-order valence-corrected chi connectivity index (χ4v) is 2.92. The monoisotopic (exact) mass is 255 g/mol. The van der Waals surface area contributed by atoms with E-state index in [0.717, 1.165) is 19.0 Å². The molecule has 0 bridgehead atoms. The topological polar surface area (TPSA) is 29.5 Å². The molecule has 1 aliphatic heterocycles. The van der Waals surface area contributed by atoms with Gasteiger partial charge in [0.05, 0.1) is 13.0 Å². The summed E-state index contributed by atoms with van der Waals surface area (Å²) in [6, 6.07) is 0.324. The molecule has 1 heterocycles. The van der Waals surface area contributed by atoms with Crippen molar-refractivity contribution in [2.24, 2.45) is 5.92 Å². The third-order valence-corrected chi connectivity index (χ3v) is 3.97. The number of esters is 1. The lowest BCUT2D eigenvalue weighted by molar-refractivity contribution is -0.144. The molecular weight excluding hydrogens is 226 g/mol. The molecule has 0 aromatic heterocycles. The Morgan fingerprint density at radius 3 is 2.78 bits per heavy atom. The second-order valence-electron chi connectivity index (χ2n) is 5.48. The number of carbonyl (C=O) groups excluding carboxylic acids is 1. The first-order valence-electron chi connectivity index (χ1n) is 7.57. The van der Waals surface area contributed by atoms with Crippen molar-refractivity contribution < 1.29 is 9.53 Å². The maximum atomic E-state index is 11.5. The third-order valence-electron chi connectivity index (χ3n) is 3.97. The standard InChI is InChI=1S/C15H29NO2/c1-4-7-14-8-6-10-16(11-9-14)13(3)12-15(17)18-5-2/h13-14H,4-12H2,1-3H3. The van der Waals surface area contributed by atoms with Gasteiger partial charge in [-0.25, -0.2) is 0 Å². The Labute approximate surface area is 112 Å². The molecule has 2 atom stereocenters. The summed E-state index contributed by atoms with van der Waals surface area (Å²) in [7, 11) is 0. The molecular formula is C15H29NO2. The molecule has 0 aromatic rings. The average Bonchev–Trinajstić information content (AvgIpc) is 2.55. The van der Waals surface area contributed by atoms with E-state index in [9.17, 15) is 4.79 Å². The van der Waals surface area contributed by atoms with Gasteiger partial charge in [0.25, 0.3) is 0 Å². The lowest BCUT2D eigenvalue weighted by Gasteiger charge is -2.27. The molecule has 106 valence electrons. The van der Waals surface area contributed by atoms with Crippen molar-refractivity contribution in [2.75, 3.05) is 19.7 Å². The van der Waals surface area contributed by atoms with Gasteiger partial charge in [-0.1, -0.05) is 19.8 Å². The van der Waals surface area contributed by atoms with Gasteiger partial charge in [-0.15, -0.1) is 0 Å². The van der Waals surface area contributed by atoms with Crippen LogP contribution >= 0.6 is 0 Å². The second-order valence-corrected chi connectivity index (χ2v) is 5.48. The molecule has 1 saturated heterocycles. The van der Waals surface area contributed by atoms with Gasteiger partial charge in [0.15, 0.2) is 0 Å². The summed E-state index contributed by atoms with van der Waals surface area (Å²) in [5, 5.41) is 0. The lowest BCUT2D eigenvalue weighted by Crippen LogP contribution is -2.36. The van der Waals surface area contributed by atoms with Gasteiger partial charge in [0.2, 0.25) is 0 Å². The zero-order chi connectivity index (χ0) is 13.4. The number of nitrogens with zero attached hydrogens (tertiary/aromatic N) is 1. The molecule has 0 amide bonds. The Kier molecular flexibility index (Phi) is 7.33. The lowest BCUT2D eigenvalue weighted by atomic mass is 9.96. The largest absolute Gasteiger partial charge is 0.466 e. The molecule has 18 heavy (non-hydrogen) atoms. The smallest absolute Gasteiger partial charge is 0.307 e. The molecule has 0 spiro atoms. The van der Waals surface area contributed by atoms with Crippen LogP contribution in [0.4, 0.5) is 0 Å². The predicted octanol–water partition coefficient (Wildman–Crippen LogP) is 3.23. The molecule has 3 heteroatoms. The first-order valence-corrected chi connectivity index (χ1v) is 7.57. The van der Waals surface area contributed by atoms with Crippen molar-refractivity contribution in [3.63, 3.8) is 0 Å². The van der Waals surface area contributed by atoms with Crippen LogP contribution in [0.1, 0.15) is 59.3 Å². The number of ether oxygens (including phenoxy) is 1. The Balaban J connectivity index is 2.35. The molecule has 0 aliphatic carbocycles. The highest BCUT2D eigenvalue weighted by molar-refractivity contribution is 5.70. The maximum absolute atomic E-state index is 11.5. The minimum atomic E-state index is -0.0562. The van der Waals surface area contributed by atoms with Gasteiger partial charge >= 0.3 is 5.97 Å². The Morgan fingerprint density at radius 1 is 1.33 bits per heavy atom. The first kappa shape index (κ1) is 15.5. The van der Waals surface area contributed by atoms with Crippen molar-refractivity contribution in [2.45, 2.75) is 65.3 Å². The number of rotatable bonds is 6. The Morgan fingerprint density at radius 2 is 2.11 bits per heavy atom. The summed E-state index contributed by atoms with van der Waals surface area (Å²) < 4.78 is 5.03. The van der Waals surface area contributed by atoms with Crippen LogP contribution in [0.2, 0.25) is 0 Å². The highest BCUT2D eigenvalue weighted by Crippen LogP contribution is 2.23. The van der Waals surface area contributed by atoms with E-state index in [2.05, 4.69) is 18.7 Å². The van der Waals surface area contributed by atoms with E-state index < -0.39 is 0 Å². The number of hydrogen-bond donors (Lipinski definition) is 0. The molecule has 0 saturated carbocycles. The highest BCUT2D eigenvalue weighted by atomic mass is 16.5. The van der Waals surface area contributed by atoms with Crippen molar-refractivity contribution >= 4 is 5.97 Å². The second kappa shape index (κ2) is 8.52. The Hall–Kier alpha value is -0.570. The van der Waals surface area contributed by atoms with Crippen molar-refractivity contribution in [1.82, 2.24) is 4.90 Å². The van der Waals surface area contributed by atoms with Crippen LogP contribution in [-0.2, 0) is 9.53 Å². The normalized spacial score (nSPS) is 23.4. The van der Waals surface area contributed by atoms with Gasteiger partial charge in [0, 0.05) is 6.04 Å². The Bertz CT molecular complexity index is 243. The van der Waals surface area contributed by atoms with Crippen LogP contribution in [0.25, 0.3) is 0 Å². The van der Waals surface area contributed by atoms with Crippen molar-refractivity contribution in [3.8, 4) is 0 Å². The molecule has 1 aliphatic rings. The van der Waals surface area contributed by atoms with Crippen molar-refractivity contribution in [1.29, 1.82) is 0 Å². The van der Waals surface area contributed by atoms with E-state index >= 15 is 0 Å². The summed E-state index contributed by atoms with van der Waals surface area (Å²) in [4.78, 5) is 14.0. The van der Waals surface area contributed by atoms with Crippen LogP contribution in [-0.4, -0.2) is 36.6 Å².